The third kappa shape index (κ3) is 3.64. The maximum atomic E-state index is 12.6. The van der Waals surface area contributed by atoms with E-state index >= 15 is 0 Å². The standard InChI is InChI=1S/C10H12F6O2/c1-2-3-4-5-8(6-7(17)18,9(11,12)13)10(14,15)16/h2H,1,3-6H2,(H,17,18). The van der Waals surface area contributed by atoms with Crippen LogP contribution in [-0.2, 0) is 4.79 Å². The minimum atomic E-state index is -5.66. The molecule has 18 heavy (non-hydrogen) atoms. The number of hydrogen-bond acceptors (Lipinski definition) is 1. The molecule has 0 bridgehead atoms. The average Bonchev–Trinajstić information content (AvgIpc) is 2.12. The summed E-state index contributed by atoms with van der Waals surface area (Å²) in [5.74, 6) is -2.14. The van der Waals surface area contributed by atoms with Crippen LogP contribution in [0.2, 0.25) is 0 Å². The van der Waals surface area contributed by atoms with Gasteiger partial charge in [0.15, 0.2) is 5.41 Å². The molecule has 0 aromatic carbocycles. The largest absolute Gasteiger partial charge is 0.481 e. The molecule has 0 aliphatic carbocycles. The molecule has 0 fully saturated rings. The lowest BCUT2D eigenvalue weighted by Crippen LogP contribution is -2.51. The van der Waals surface area contributed by atoms with Crippen molar-refractivity contribution in [3.8, 4) is 0 Å². The Labute approximate surface area is 99.3 Å². The SMILES string of the molecule is C=CCCCC(CC(=O)O)(C(F)(F)F)C(F)(F)F. The Kier molecular flexibility index (Phi) is 5.24. The number of carbonyl (C=O) groups is 1. The van der Waals surface area contributed by atoms with E-state index in [1.807, 2.05) is 0 Å². The summed E-state index contributed by atoms with van der Waals surface area (Å²) in [6.07, 6.45) is -14.0. The lowest BCUT2D eigenvalue weighted by Gasteiger charge is -2.36. The van der Waals surface area contributed by atoms with Gasteiger partial charge in [0, 0.05) is 0 Å². The van der Waals surface area contributed by atoms with Crippen LogP contribution < -0.4 is 0 Å². The molecule has 0 saturated carbocycles. The highest BCUT2D eigenvalue weighted by Crippen LogP contribution is 2.55. The van der Waals surface area contributed by atoms with Crippen LogP contribution in [-0.4, -0.2) is 23.4 Å². The van der Waals surface area contributed by atoms with Crippen LogP contribution >= 0.6 is 0 Å². The lowest BCUT2D eigenvalue weighted by molar-refractivity contribution is -0.344. The van der Waals surface area contributed by atoms with Crippen molar-refractivity contribution in [1.29, 1.82) is 0 Å². The van der Waals surface area contributed by atoms with Crippen LogP contribution in [0.5, 0.6) is 0 Å². The van der Waals surface area contributed by atoms with E-state index in [2.05, 4.69) is 6.58 Å². The number of alkyl halides is 6. The predicted octanol–water partition coefficient (Wildman–Crippen LogP) is 3.93. The summed E-state index contributed by atoms with van der Waals surface area (Å²) in [5, 5.41) is 8.31. The highest BCUT2D eigenvalue weighted by molar-refractivity contribution is 5.68. The Balaban J connectivity index is 5.42. The first-order valence-corrected chi connectivity index (χ1v) is 4.94. The molecule has 0 aromatic rings. The smallest absolute Gasteiger partial charge is 0.403 e. The normalized spacial score (nSPS) is 13.4. The molecule has 0 heterocycles. The second kappa shape index (κ2) is 5.62. The monoisotopic (exact) mass is 278 g/mol. The van der Waals surface area contributed by atoms with E-state index in [4.69, 9.17) is 5.11 Å². The molecule has 0 unspecified atom stereocenters. The van der Waals surface area contributed by atoms with Crippen LogP contribution in [0.4, 0.5) is 26.3 Å². The number of carboxylic acids is 1. The van der Waals surface area contributed by atoms with Crippen molar-refractivity contribution < 1.29 is 36.2 Å². The number of halogens is 6. The Hall–Kier alpha value is -1.21. The number of unbranched alkanes of at least 4 members (excludes halogenated alkanes) is 1. The molecule has 0 spiro atoms. The molecule has 0 saturated heterocycles. The van der Waals surface area contributed by atoms with E-state index in [0.29, 0.717) is 0 Å². The lowest BCUT2D eigenvalue weighted by atomic mass is 9.78. The summed E-state index contributed by atoms with van der Waals surface area (Å²) in [4.78, 5) is 10.3. The first kappa shape index (κ1) is 16.8. The van der Waals surface area contributed by atoms with E-state index in [1.165, 1.54) is 6.08 Å². The summed E-state index contributed by atoms with van der Waals surface area (Å²) in [6.45, 7) is 3.19. The molecule has 2 nitrogen and oxygen atoms in total. The highest BCUT2D eigenvalue weighted by atomic mass is 19.4. The summed E-state index contributed by atoms with van der Waals surface area (Å²) in [5.41, 5.74) is -4.20. The Bertz CT molecular complexity index is 290. The number of hydrogen-bond donors (Lipinski definition) is 1. The topological polar surface area (TPSA) is 37.3 Å². The van der Waals surface area contributed by atoms with Crippen molar-refractivity contribution in [1.82, 2.24) is 0 Å². The van der Waals surface area contributed by atoms with Crippen LogP contribution in [0.3, 0.4) is 0 Å². The third-order valence-corrected chi connectivity index (χ3v) is 2.55. The second-order valence-electron chi connectivity index (χ2n) is 3.83. The van der Waals surface area contributed by atoms with Crippen molar-refractivity contribution in [2.24, 2.45) is 5.41 Å². The minimum absolute atomic E-state index is 0.0481. The van der Waals surface area contributed by atoms with Gasteiger partial charge < -0.3 is 5.11 Å². The fourth-order valence-corrected chi connectivity index (χ4v) is 1.54. The van der Waals surface area contributed by atoms with E-state index in [1.54, 1.807) is 0 Å². The maximum Gasteiger partial charge on any atom is 0.403 e. The van der Waals surface area contributed by atoms with Crippen LogP contribution in [0, 0.1) is 5.41 Å². The molecular formula is C10H12F6O2. The summed E-state index contributed by atoms with van der Waals surface area (Å²) in [7, 11) is 0. The molecule has 0 rings (SSSR count). The summed E-state index contributed by atoms with van der Waals surface area (Å²) in [6, 6.07) is 0. The predicted molar refractivity (Wildman–Crippen MR) is 50.8 cm³/mol. The quantitative estimate of drug-likeness (QED) is 0.454. The zero-order chi connectivity index (χ0) is 14.6. The molecule has 1 N–H and O–H groups in total. The Morgan fingerprint density at radius 2 is 1.56 bits per heavy atom. The van der Waals surface area contributed by atoms with Gasteiger partial charge in [0.1, 0.15) is 0 Å². The molecule has 0 aromatic heterocycles. The van der Waals surface area contributed by atoms with Gasteiger partial charge in [0.05, 0.1) is 6.42 Å². The highest BCUT2D eigenvalue weighted by Gasteiger charge is 2.70. The number of aliphatic carboxylic acids is 1. The molecule has 0 aliphatic heterocycles. The minimum Gasteiger partial charge on any atom is -0.481 e. The van der Waals surface area contributed by atoms with Crippen LogP contribution in [0.25, 0.3) is 0 Å². The van der Waals surface area contributed by atoms with Gasteiger partial charge in [0.2, 0.25) is 0 Å². The van der Waals surface area contributed by atoms with Gasteiger partial charge in [-0.2, -0.15) is 26.3 Å². The third-order valence-electron chi connectivity index (χ3n) is 2.55. The van der Waals surface area contributed by atoms with Crippen molar-refractivity contribution in [2.75, 3.05) is 0 Å². The number of rotatable bonds is 6. The average molecular weight is 278 g/mol. The van der Waals surface area contributed by atoms with Gasteiger partial charge in [-0.3, -0.25) is 4.79 Å². The molecule has 0 amide bonds. The van der Waals surface area contributed by atoms with Crippen molar-refractivity contribution in [3.05, 3.63) is 12.7 Å². The summed E-state index contributed by atoms with van der Waals surface area (Å²) < 4.78 is 75.9. The van der Waals surface area contributed by atoms with E-state index in [0.717, 1.165) is 0 Å². The molecule has 0 atom stereocenters. The second-order valence-corrected chi connectivity index (χ2v) is 3.83. The number of carboxylic acid groups (broad SMARTS) is 1. The molecule has 0 aliphatic rings. The Morgan fingerprint density at radius 3 is 1.83 bits per heavy atom. The zero-order valence-corrected chi connectivity index (χ0v) is 9.24. The molecule has 8 heteroatoms. The van der Waals surface area contributed by atoms with E-state index in [9.17, 15) is 31.1 Å². The maximum absolute atomic E-state index is 12.6. The van der Waals surface area contributed by atoms with Gasteiger partial charge in [-0.05, 0) is 19.3 Å². The van der Waals surface area contributed by atoms with Crippen molar-refractivity contribution in [2.45, 2.75) is 38.0 Å². The van der Waals surface area contributed by atoms with Crippen molar-refractivity contribution >= 4 is 5.97 Å². The molecule has 106 valence electrons. The first-order chi connectivity index (χ1) is 7.98. The first-order valence-electron chi connectivity index (χ1n) is 4.94. The van der Waals surface area contributed by atoms with Gasteiger partial charge in [0.25, 0.3) is 0 Å². The van der Waals surface area contributed by atoms with Crippen LogP contribution in [0.1, 0.15) is 25.7 Å². The zero-order valence-electron chi connectivity index (χ0n) is 9.24. The molecular weight excluding hydrogens is 266 g/mol. The summed E-state index contributed by atoms with van der Waals surface area (Å²) >= 11 is 0. The molecule has 0 radical (unpaired) electrons. The van der Waals surface area contributed by atoms with E-state index < -0.39 is 43.0 Å². The van der Waals surface area contributed by atoms with Crippen molar-refractivity contribution in [3.63, 3.8) is 0 Å². The fourth-order valence-electron chi connectivity index (χ4n) is 1.54. The van der Waals surface area contributed by atoms with Gasteiger partial charge in [-0.25, -0.2) is 0 Å². The van der Waals surface area contributed by atoms with Gasteiger partial charge in [-0.1, -0.05) is 6.08 Å². The Morgan fingerprint density at radius 1 is 1.11 bits per heavy atom. The van der Waals surface area contributed by atoms with Gasteiger partial charge >= 0.3 is 18.3 Å². The van der Waals surface area contributed by atoms with Gasteiger partial charge in [-0.15, -0.1) is 6.58 Å². The number of allylic oxidation sites excluding steroid dienone is 1. The fraction of sp³-hybridized carbons (Fsp3) is 0.700. The van der Waals surface area contributed by atoms with E-state index in [-0.39, 0.29) is 6.42 Å². The van der Waals surface area contributed by atoms with Crippen LogP contribution in [0.15, 0.2) is 12.7 Å².